The standard InChI is InChI=1S/C19H15N3O2S/c1-11-6-3-4-7-14(11)22-18(23)16-12(2)21-19(25)13(10-20)17(16)15-8-5-9-24-15/h3-9H,1-2H3,(H,21,25)(H,22,23)/p-1. The Balaban J connectivity index is 2.31. The molecule has 5 nitrogen and oxygen atoms in total. The Morgan fingerprint density at radius 2 is 2.00 bits per heavy atom. The van der Waals surface area contributed by atoms with Crippen molar-refractivity contribution in [3.8, 4) is 17.4 Å². The third-order valence-corrected chi connectivity index (χ3v) is 4.14. The first-order valence-corrected chi connectivity index (χ1v) is 7.96. The number of aromatic nitrogens is 1. The van der Waals surface area contributed by atoms with Gasteiger partial charge in [0.25, 0.3) is 0 Å². The summed E-state index contributed by atoms with van der Waals surface area (Å²) in [7, 11) is 0. The van der Waals surface area contributed by atoms with Crippen molar-refractivity contribution in [3.63, 3.8) is 0 Å². The number of pyridine rings is 1. The van der Waals surface area contributed by atoms with Crippen LogP contribution >= 0.6 is 12.2 Å². The second-order valence-electron chi connectivity index (χ2n) is 5.50. The molecular weight excluding hydrogens is 334 g/mol. The topological polar surface area (TPSA) is 88.1 Å². The Morgan fingerprint density at radius 3 is 2.64 bits per heavy atom. The van der Waals surface area contributed by atoms with Gasteiger partial charge in [-0.3, -0.25) is 4.99 Å². The van der Waals surface area contributed by atoms with E-state index in [0.717, 1.165) is 5.56 Å². The first-order valence-electron chi connectivity index (χ1n) is 7.55. The number of H-pyrrole nitrogens is 1. The summed E-state index contributed by atoms with van der Waals surface area (Å²) in [4.78, 5) is 7.13. The summed E-state index contributed by atoms with van der Waals surface area (Å²) in [6.07, 6.45) is 1.48. The van der Waals surface area contributed by atoms with Crippen molar-refractivity contribution in [2.75, 3.05) is 0 Å². The Labute approximate surface area is 149 Å². The molecule has 0 saturated heterocycles. The zero-order chi connectivity index (χ0) is 18.0. The van der Waals surface area contributed by atoms with Crippen LogP contribution in [-0.2, 0) is 0 Å². The lowest BCUT2D eigenvalue weighted by Gasteiger charge is -2.19. The fourth-order valence-corrected chi connectivity index (χ4v) is 2.92. The fraction of sp³-hybridized carbons (Fsp3) is 0.105. The molecule has 2 heterocycles. The maximum absolute atomic E-state index is 12.9. The lowest BCUT2D eigenvalue weighted by atomic mass is 9.99. The number of furan rings is 1. The number of nitriles is 1. The molecule has 1 N–H and O–H groups in total. The summed E-state index contributed by atoms with van der Waals surface area (Å²) >= 11 is 5.24. The molecule has 124 valence electrons. The van der Waals surface area contributed by atoms with Crippen LogP contribution in [0.4, 0.5) is 5.69 Å². The summed E-state index contributed by atoms with van der Waals surface area (Å²) in [5, 5.41) is 22.4. The van der Waals surface area contributed by atoms with Gasteiger partial charge in [-0.05, 0) is 43.5 Å². The molecule has 0 bridgehead atoms. The van der Waals surface area contributed by atoms with Gasteiger partial charge in [0.2, 0.25) is 0 Å². The first kappa shape index (κ1) is 16.7. The van der Waals surface area contributed by atoms with Crippen LogP contribution in [0.15, 0.2) is 52.1 Å². The molecule has 0 aliphatic rings. The van der Waals surface area contributed by atoms with Crippen LogP contribution in [-0.4, -0.2) is 10.9 Å². The minimum Gasteiger partial charge on any atom is -0.858 e. The van der Waals surface area contributed by atoms with Crippen molar-refractivity contribution in [3.05, 3.63) is 69.7 Å². The second kappa shape index (κ2) is 6.75. The van der Waals surface area contributed by atoms with Crippen molar-refractivity contribution in [1.29, 1.82) is 5.26 Å². The molecule has 3 rings (SSSR count). The molecule has 0 aliphatic carbocycles. The van der Waals surface area contributed by atoms with Crippen LogP contribution in [0.3, 0.4) is 0 Å². The molecule has 25 heavy (non-hydrogen) atoms. The summed E-state index contributed by atoms with van der Waals surface area (Å²) in [6.45, 7) is 3.61. The van der Waals surface area contributed by atoms with Gasteiger partial charge in [0.05, 0.1) is 17.5 Å². The van der Waals surface area contributed by atoms with Crippen molar-refractivity contribution in [2.24, 2.45) is 4.99 Å². The quantitative estimate of drug-likeness (QED) is 0.441. The van der Waals surface area contributed by atoms with Gasteiger partial charge in [-0.2, -0.15) is 5.26 Å². The van der Waals surface area contributed by atoms with Gasteiger partial charge in [-0.25, -0.2) is 0 Å². The smallest absolute Gasteiger partial charge is 0.135 e. The lowest BCUT2D eigenvalue weighted by molar-refractivity contribution is -0.212. The minimum atomic E-state index is -0.457. The van der Waals surface area contributed by atoms with Crippen LogP contribution in [0.5, 0.6) is 0 Å². The first-order chi connectivity index (χ1) is 12.0. The number of rotatable bonds is 3. The number of hydrogen-bond acceptors (Lipinski definition) is 5. The van der Waals surface area contributed by atoms with Crippen LogP contribution in [0.25, 0.3) is 11.3 Å². The van der Waals surface area contributed by atoms with Crippen LogP contribution in [0.2, 0.25) is 0 Å². The number of nitrogens with zero attached hydrogens (tertiary/aromatic N) is 2. The molecule has 1 aromatic carbocycles. The Morgan fingerprint density at radius 1 is 1.24 bits per heavy atom. The van der Waals surface area contributed by atoms with Gasteiger partial charge >= 0.3 is 0 Å². The highest BCUT2D eigenvalue weighted by molar-refractivity contribution is 7.71. The van der Waals surface area contributed by atoms with Gasteiger partial charge in [-0.15, -0.1) is 0 Å². The third kappa shape index (κ3) is 3.10. The molecule has 0 aliphatic heterocycles. The molecule has 0 radical (unpaired) electrons. The van der Waals surface area contributed by atoms with Gasteiger partial charge < -0.3 is 14.5 Å². The SMILES string of the molecule is Cc1ccccc1N=C([O-])c1c(C)[nH]c(=S)c(C#N)c1-c1ccco1. The van der Waals surface area contributed by atoms with E-state index in [1.54, 1.807) is 25.1 Å². The predicted octanol–water partition coefficient (Wildman–Crippen LogP) is 3.93. The zero-order valence-electron chi connectivity index (χ0n) is 13.7. The Hall–Kier alpha value is -3.17. The van der Waals surface area contributed by atoms with Crippen molar-refractivity contribution >= 4 is 23.8 Å². The van der Waals surface area contributed by atoms with Crippen molar-refractivity contribution < 1.29 is 9.52 Å². The molecule has 0 fully saturated rings. The molecule has 0 spiro atoms. The summed E-state index contributed by atoms with van der Waals surface area (Å²) < 4.78 is 5.69. The Bertz CT molecular complexity index is 1060. The number of para-hydroxylation sites is 1. The number of aliphatic imine (C=N–C) groups is 1. The average Bonchev–Trinajstić information content (AvgIpc) is 3.10. The number of aryl methyl sites for hydroxylation is 2. The number of aromatic amines is 1. The van der Waals surface area contributed by atoms with Gasteiger partial charge in [0.15, 0.2) is 0 Å². The molecule has 6 heteroatoms. The highest BCUT2D eigenvalue weighted by Gasteiger charge is 2.18. The Kier molecular flexibility index (Phi) is 4.50. The largest absolute Gasteiger partial charge is 0.858 e. The summed E-state index contributed by atoms with van der Waals surface area (Å²) in [6, 6.07) is 12.8. The zero-order valence-corrected chi connectivity index (χ0v) is 14.5. The van der Waals surface area contributed by atoms with Crippen LogP contribution < -0.4 is 5.11 Å². The molecule has 0 atom stereocenters. The maximum atomic E-state index is 12.9. The maximum Gasteiger partial charge on any atom is 0.135 e. The monoisotopic (exact) mass is 348 g/mol. The van der Waals surface area contributed by atoms with Crippen LogP contribution in [0, 0.1) is 29.8 Å². The molecule has 3 aromatic rings. The molecule has 0 amide bonds. The normalized spacial score (nSPS) is 11.3. The molecular formula is C19H14N3O2S-. The van der Waals surface area contributed by atoms with Gasteiger partial charge in [0, 0.05) is 16.8 Å². The molecule has 0 unspecified atom stereocenters. The van der Waals surface area contributed by atoms with E-state index in [1.807, 2.05) is 25.1 Å². The third-order valence-electron chi connectivity index (χ3n) is 3.83. The van der Waals surface area contributed by atoms with Crippen LogP contribution in [0.1, 0.15) is 22.4 Å². The lowest BCUT2D eigenvalue weighted by Crippen LogP contribution is -2.22. The highest BCUT2D eigenvalue weighted by atomic mass is 32.1. The van der Waals surface area contributed by atoms with E-state index in [1.165, 1.54) is 6.26 Å². The predicted molar refractivity (Wildman–Crippen MR) is 96.2 cm³/mol. The van der Waals surface area contributed by atoms with E-state index < -0.39 is 5.90 Å². The van der Waals surface area contributed by atoms with Crippen molar-refractivity contribution in [1.82, 2.24) is 4.98 Å². The van der Waals surface area contributed by atoms with E-state index in [2.05, 4.69) is 16.0 Å². The van der Waals surface area contributed by atoms with E-state index in [0.29, 0.717) is 22.7 Å². The number of hydrogen-bond donors (Lipinski definition) is 1. The minimum absolute atomic E-state index is 0.193. The second-order valence-corrected chi connectivity index (χ2v) is 5.90. The average molecular weight is 348 g/mol. The molecule has 0 saturated carbocycles. The van der Waals surface area contributed by atoms with E-state index >= 15 is 0 Å². The fourth-order valence-electron chi connectivity index (χ4n) is 2.62. The van der Waals surface area contributed by atoms with E-state index in [-0.39, 0.29) is 15.8 Å². The number of benzene rings is 1. The van der Waals surface area contributed by atoms with Gasteiger partial charge in [0.1, 0.15) is 16.5 Å². The van der Waals surface area contributed by atoms with E-state index in [4.69, 9.17) is 16.6 Å². The molecule has 2 aromatic heterocycles. The van der Waals surface area contributed by atoms with E-state index in [9.17, 15) is 10.4 Å². The summed E-state index contributed by atoms with van der Waals surface area (Å²) in [5.74, 6) is -0.0518. The van der Waals surface area contributed by atoms with Gasteiger partial charge in [-0.1, -0.05) is 30.4 Å². The van der Waals surface area contributed by atoms with Crippen molar-refractivity contribution in [2.45, 2.75) is 13.8 Å². The summed E-state index contributed by atoms with van der Waals surface area (Å²) in [5.41, 5.74) is 2.85. The highest BCUT2D eigenvalue weighted by Crippen LogP contribution is 2.31. The number of nitrogens with one attached hydrogen (secondary N) is 1.